The van der Waals surface area contributed by atoms with Gasteiger partial charge in [0.05, 0.1) is 22.5 Å². The van der Waals surface area contributed by atoms with Crippen molar-refractivity contribution in [3.63, 3.8) is 0 Å². The molecule has 0 bridgehead atoms. The van der Waals surface area contributed by atoms with E-state index < -0.39 is 0 Å². The highest BCUT2D eigenvalue weighted by atomic mass is 16.1. The van der Waals surface area contributed by atoms with Gasteiger partial charge < -0.3 is 5.32 Å². The number of ketones is 1. The number of aryl methyl sites for hydroxylation is 2. The molecule has 0 spiro atoms. The predicted molar refractivity (Wildman–Crippen MR) is 128 cm³/mol. The van der Waals surface area contributed by atoms with E-state index in [1.54, 1.807) is 36.5 Å². The minimum Gasteiger partial charge on any atom is -0.322 e. The Morgan fingerprint density at radius 1 is 0.938 bits per heavy atom. The number of pyridine rings is 2. The van der Waals surface area contributed by atoms with Crippen LogP contribution in [-0.4, -0.2) is 21.7 Å². The number of hydrogen-bond acceptors (Lipinski definition) is 4. The van der Waals surface area contributed by atoms with Gasteiger partial charge in [0.15, 0.2) is 5.78 Å². The van der Waals surface area contributed by atoms with Gasteiger partial charge in [0.1, 0.15) is 0 Å². The molecule has 2 aromatic heterocycles. The van der Waals surface area contributed by atoms with Crippen molar-refractivity contribution in [1.29, 1.82) is 0 Å². The molecule has 0 aliphatic carbocycles. The molecule has 0 unspecified atom stereocenters. The summed E-state index contributed by atoms with van der Waals surface area (Å²) in [6, 6.07) is 18.5. The number of nitrogens with one attached hydrogen (secondary N) is 1. The number of carbonyl (C=O) groups is 2. The third kappa shape index (κ3) is 4.42. The quantitative estimate of drug-likeness (QED) is 0.378. The van der Waals surface area contributed by atoms with E-state index in [9.17, 15) is 9.59 Å². The summed E-state index contributed by atoms with van der Waals surface area (Å²) in [7, 11) is 0. The largest absolute Gasteiger partial charge is 0.322 e. The van der Waals surface area contributed by atoms with Gasteiger partial charge in [0.25, 0.3) is 5.91 Å². The summed E-state index contributed by atoms with van der Waals surface area (Å²) in [6.07, 6.45) is 3.04. The molecule has 160 valence electrons. The fourth-order valence-electron chi connectivity index (χ4n) is 3.82. The highest BCUT2D eigenvalue weighted by molar-refractivity contribution is 6.13. The van der Waals surface area contributed by atoms with Gasteiger partial charge in [-0.2, -0.15) is 0 Å². The predicted octanol–water partition coefficient (Wildman–Crippen LogP) is 6.15. The number of benzene rings is 2. The zero-order valence-corrected chi connectivity index (χ0v) is 18.5. The number of fused-ring (bicyclic) bond motifs is 1. The van der Waals surface area contributed by atoms with Gasteiger partial charge in [-0.25, -0.2) is 4.98 Å². The van der Waals surface area contributed by atoms with Crippen molar-refractivity contribution in [2.45, 2.75) is 33.6 Å². The number of Topliss-reactive ketones (excluding diaryl/α,β-unsaturated/α-hetero) is 1. The Hall–Kier alpha value is -3.86. The summed E-state index contributed by atoms with van der Waals surface area (Å²) < 4.78 is 0. The van der Waals surface area contributed by atoms with Crippen LogP contribution in [-0.2, 0) is 0 Å². The Labute approximate surface area is 187 Å². The molecule has 32 heavy (non-hydrogen) atoms. The third-order valence-corrected chi connectivity index (χ3v) is 5.36. The molecular weight excluding hydrogens is 398 g/mol. The molecule has 2 heterocycles. The summed E-state index contributed by atoms with van der Waals surface area (Å²) in [5.74, 6) is -0.122. The lowest BCUT2D eigenvalue weighted by atomic mass is 10.00. The van der Waals surface area contributed by atoms with Crippen LogP contribution in [0.2, 0.25) is 0 Å². The second-order valence-corrected chi connectivity index (χ2v) is 7.95. The van der Waals surface area contributed by atoms with Crippen LogP contribution in [0.25, 0.3) is 22.3 Å². The maximum absolute atomic E-state index is 13.3. The fourth-order valence-corrected chi connectivity index (χ4v) is 3.82. The van der Waals surface area contributed by atoms with Crippen molar-refractivity contribution in [3.05, 3.63) is 89.1 Å². The van der Waals surface area contributed by atoms with Crippen LogP contribution in [0.1, 0.15) is 51.6 Å². The number of hydrogen-bond donors (Lipinski definition) is 1. The molecule has 2 aromatic carbocycles. The van der Waals surface area contributed by atoms with E-state index >= 15 is 0 Å². The average Bonchev–Trinajstić information content (AvgIpc) is 2.79. The van der Waals surface area contributed by atoms with Gasteiger partial charge in [0, 0.05) is 29.3 Å². The second-order valence-electron chi connectivity index (χ2n) is 7.95. The first-order valence-corrected chi connectivity index (χ1v) is 10.7. The molecule has 0 atom stereocenters. The van der Waals surface area contributed by atoms with E-state index in [4.69, 9.17) is 4.98 Å². The van der Waals surface area contributed by atoms with Crippen LogP contribution in [0.15, 0.2) is 66.9 Å². The van der Waals surface area contributed by atoms with Crippen LogP contribution in [0.5, 0.6) is 0 Å². The van der Waals surface area contributed by atoms with Crippen molar-refractivity contribution in [2.24, 2.45) is 0 Å². The summed E-state index contributed by atoms with van der Waals surface area (Å²) in [6.45, 7) is 5.99. The van der Waals surface area contributed by atoms with Gasteiger partial charge in [-0.15, -0.1) is 0 Å². The number of amides is 1. The standard InChI is InChI=1S/C27H25N3O2/c1-4-7-25(31)19-9-11-20(12-10-19)29-27(32)22-16-24(23-8-5-6-13-28-23)30-26-18(3)14-17(2)15-21(22)26/h5-6,8-16H,4,7H2,1-3H3,(H,29,32). The molecule has 0 aliphatic heterocycles. The van der Waals surface area contributed by atoms with Crippen molar-refractivity contribution in [1.82, 2.24) is 9.97 Å². The van der Waals surface area contributed by atoms with E-state index in [2.05, 4.69) is 16.4 Å². The molecule has 0 fully saturated rings. The average molecular weight is 424 g/mol. The highest BCUT2D eigenvalue weighted by Crippen LogP contribution is 2.28. The monoisotopic (exact) mass is 423 g/mol. The smallest absolute Gasteiger partial charge is 0.256 e. The van der Waals surface area contributed by atoms with Crippen LogP contribution >= 0.6 is 0 Å². The summed E-state index contributed by atoms with van der Waals surface area (Å²) in [5.41, 5.74) is 6.04. The van der Waals surface area contributed by atoms with Crippen molar-refractivity contribution < 1.29 is 9.59 Å². The topological polar surface area (TPSA) is 72.0 Å². The molecule has 0 radical (unpaired) electrons. The highest BCUT2D eigenvalue weighted by Gasteiger charge is 2.17. The summed E-state index contributed by atoms with van der Waals surface area (Å²) in [5, 5.41) is 3.77. The van der Waals surface area contributed by atoms with E-state index in [0.717, 1.165) is 28.5 Å². The van der Waals surface area contributed by atoms with E-state index in [1.807, 2.05) is 45.0 Å². The maximum atomic E-state index is 13.3. The number of carbonyl (C=O) groups excluding carboxylic acids is 2. The normalized spacial score (nSPS) is 10.8. The fraction of sp³-hybridized carbons (Fsp3) is 0.185. The van der Waals surface area contributed by atoms with Gasteiger partial charge in [-0.1, -0.05) is 24.6 Å². The molecule has 1 amide bonds. The maximum Gasteiger partial charge on any atom is 0.256 e. The molecular formula is C27H25N3O2. The van der Waals surface area contributed by atoms with Crippen molar-refractivity contribution in [2.75, 3.05) is 5.32 Å². The number of nitrogens with zero attached hydrogens (tertiary/aromatic N) is 2. The Bertz CT molecular complexity index is 1300. The molecule has 1 N–H and O–H groups in total. The number of rotatable bonds is 6. The Morgan fingerprint density at radius 2 is 1.72 bits per heavy atom. The third-order valence-electron chi connectivity index (χ3n) is 5.36. The number of anilines is 1. The van der Waals surface area contributed by atoms with Gasteiger partial charge in [0.2, 0.25) is 0 Å². The van der Waals surface area contributed by atoms with Crippen LogP contribution in [0, 0.1) is 13.8 Å². The van der Waals surface area contributed by atoms with E-state index in [1.165, 1.54) is 0 Å². The van der Waals surface area contributed by atoms with Crippen LogP contribution < -0.4 is 5.32 Å². The van der Waals surface area contributed by atoms with Crippen molar-refractivity contribution >= 4 is 28.3 Å². The lowest BCUT2D eigenvalue weighted by Crippen LogP contribution is -2.13. The SMILES string of the molecule is CCCC(=O)c1ccc(NC(=O)c2cc(-c3ccccn3)nc3c(C)cc(C)cc23)cc1. The van der Waals surface area contributed by atoms with E-state index in [-0.39, 0.29) is 11.7 Å². The Morgan fingerprint density at radius 3 is 2.41 bits per heavy atom. The summed E-state index contributed by atoms with van der Waals surface area (Å²) in [4.78, 5) is 34.6. The molecule has 5 nitrogen and oxygen atoms in total. The summed E-state index contributed by atoms with van der Waals surface area (Å²) >= 11 is 0. The molecule has 0 saturated carbocycles. The minimum atomic E-state index is -0.229. The molecule has 0 saturated heterocycles. The lowest BCUT2D eigenvalue weighted by Gasteiger charge is -2.13. The van der Waals surface area contributed by atoms with Crippen LogP contribution in [0.4, 0.5) is 5.69 Å². The Kier molecular flexibility index (Phi) is 6.08. The molecule has 5 heteroatoms. The molecule has 4 aromatic rings. The number of aromatic nitrogens is 2. The zero-order chi connectivity index (χ0) is 22.7. The zero-order valence-electron chi connectivity index (χ0n) is 18.5. The lowest BCUT2D eigenvalue weighted by molar-refractivity contribution is 0.0980. The first kappa shape index (κ1) is 21.4. The molecule has 4 rings (SSSR count). The Balaban J connectivity index is 1.74. The van der Waals surface area contributed by atoms with Crippen molar-refractivity contribution in [3.8, 4) is 11.4 Å². The second kappa shape index (κ2) is 9.10. The van der Waals surface area contributed by atoms with E-state index in [0.29, 0.717) is 34.6 Å². The van der Waals surface area contributed by atoms with Gasteiger partial charge >= 0.3 is 0 Å². The molecule has 0 aliphatic rings. The first-order valence-electron chi connectivity index (χ1n) is 10.7. The first-order chi connectivity index (χ1) is 15.5. The minimum absolute atomic E-state index is 0.108. The van der Waals surface area contributed by atoms with Crippen LogP contribution in [0.3, 0.4) is 0 Å². The van der Waals surface area contributed by atoms with Gasteiger partial charge in [-0.3, -0.25) is 14.6 Å². The van der Waals surface area contributed by atoms with Gasteiger partial charge in [-0.05, 0) is 74.4 Å².